The zero-order valence-electron chi connectivity index (χ0n) is 19.3. The molecule has 10 heteroatoms. The van der Waals surface area contributed by atoms with Gasteiger partial charge in [0, 0.05) is 31.6 Å². The van der Waals surface area contributed by atoms with E-state index in [4.69, 9.17) is 24.9 Å². The van der Waals surface area contributed by atoms with Gasteiger partial charge in [0.25, 0.3) is 0 Å². The molecule has 1 aromatic carbocycles. The van der Waals surface area contributed by atoms with E-state index in [2.05, 4.69) is 21.8 Å². The standard InChI is InChI=1S/C23H32N6O4/c1-3-8-29-19(15-31-4-2)27-20-21(29)17-14-16(5-6-18(17)26-22(20)24)33-11-7-25-23(30)28-9-12-32-13-10-28/h5-6,14H,3-4,7-13,15H2,1-2H3,(H2,24,26)(H,25,30). The van der Waals surface area contributed by atoms with E-state index in [1.807, 2.05) is 25.1 Å². The largest absolute Gasteiger partial charge is 0.492 e. The summed E-state index contributed by atoms with van der Waals surface area (Å²) in [4.78, 5) is 23.2. The van der Waals surface area contributed by atoms with E-state index in [0.29, 0.717) is 69.8 Å². The average molecular weight is 457 g/mol. The van der Waals surface area contributed by atoms with Gasteiger partial charge in [-0.2, -0.15) is 0 Å². The Hall–Kier alpha value is -3.11. The lowest BCUT2D eigenvalue weighted by Gasteiger charge is -2.26. The number of urea groups is 1. The van der Waals surface area contributed by atoms with E-state index in [9.17, 15) is 4.79 Å². The topological polar surface area (TPSA) is 117 Å². The van der Waals surface area contributed by atoms with Crippen LogP contribution in [0.1, 0.15) is 26.1 Å². The number of rotatable bonds is 9. The highest BCUT2D eigenvalue weighted by molar-refractivity contribution is 6.07. The molecule has 33 heavy (non-hydrogen) atoms. The van der Waals surface area contributed by atoms with E-state index in [0.717, 1.165) is 35.2 Å². The number of imidazole rings is 1. The molecule has 0 aliphatic carbocycles. The van der Waals surface area contributed by atoms with Crippen LogP contribution in [0.15, 0.2) is 18.2 Å². The predicted octanol–water partition coefficient (Wildman–Crippen LogP) is 2.53. The molecule has 0 radical (unpaired) electrons. The zero-order valence-corrected chi connectivity index (χ0v) is 19.3. The lowest BCUT2D eigenvalue weighted by atomic mass is 10.1. The number of anilines is 1. The van der Waals surface area contributed by atoms with Crippen LogP contribution >= 0.6 is 0 Å². The highest BCUT2D eigenvalue weighted by Crippen LogP contribution is 2.31. The van der Waals surface area contributed by atoms with E-state index >= 15 is 0 Å². The van der Waals surface area contributed by atoms with Gasteiger partial charge in [-0.15, -0.1) is 0 Å². The molecule has 2 aromatic heterocycles. The molecular formula is C23H32N6O4. The van der Waals surface area contributed by atoms with E-state index in [1.165, 1.54) is 0 Å². The van der Waals surface area contributed by atoms with Crippen LogP contribution in [0.2, 0.25) is 0 Å². The Morgan fingerprint density at radius 2 is 2.06 bits per heavy atom. The molecule has 0 unspecified atom stereocenters. The number of nitrogen functional groups attached to an aromatic ring is 1. The molecule has 3 heterocycles. The van der Waals surface area contributed by atoms with E-state index < -0.39 is 0 Å². The van der Waals surface area contributed by atoms with Gasteiger partial charge in [-0.25, -0.2) is 14.8 Å². The summed E-state index contributed by atoms with van der Waals surface area (Å²) in [7, 11) is 0. The molecule has 0 spiro atoms. The summed E-state index contributed by atoms with van der Waals surface area (Å²) in [5.41, 5.74) is 8.66. The van der Waals surface area contributed by atoms with Crippen molar-refractivity contribution in [2.75, 3.05) is 51.8 Å². The van der Waals surface area contributed by atoms with Gasteiger partial charge >= 0.3 is 6.03 Å². The third-order valence-corrected chi connectivity index (χ3v) is 5.58. The number of benzene rings is 1. The van der Waals surface area contributed by atoms with Crippen LogP contribution in [-0.4, -0.2) is 71.5 Å². The predicted molar refractivity (Wildman–Crippen MR) is 126 cm³/mol. The summed E-state index contributed by atoms with van der Waals surface area (Å²) in [5.74, 6) is 1.95. The van der Waals surface area contributed by atoms with Crippen molar-refractivity contribution < 1.29 is 19.0 Å². The summed E-state index contributed by atoms with van der Waals surface area (Å²) in [5, 5.41) is 3.82. The van der Waals surface area contributed by atoms with Crippen LogP contribution in [0.3, 0.4) is 0 Å². The molecule has 1 fully saturated rings. The number of fused-ring (bicyclic) bond motifs is 3. The Balaban J connectivity index is 1.53. The van der Waals surface area contributed by atoms with Crippen LogP contribution in [0.5, 0.6) is 5.75 Å². The highest BCUT2D eigenvalue weighted by atomic mass is 16.5. The first-order valence-corrected chi connectivity index (χ1v) is 11.5. The second kappa shape index (κ2) is 10.7. The number of hydrogen-bond acceptors (Lipinski definition) is 7. The number of hydrogen-bond donors (Lipinski definition) is 2. The minimum Gasteiger partial charge on any atom is -0.492 e. The summed E-state index contributed by atoms with van der Waals surface area (Å²) in [6.45, 7) is 9.08. The number of nitrogens with zero attached hydrogens (tertiary/aromatic N) is 4. The summed E-state index contributed by atoms with van der Waals surface area (Å²) < 4.78 is 19.0. The maximum Gasteiger partial charge on any atom is 0.317 e. The number of carbonyl (C=O) groups excluding carboxylic acids is 1. The van der Waals surface area contributed by atoms with Crippen molar-refractivity contribution >= 4 is 33.8 Å². The molecule has 1 aliphatic heterocycles. The number of ether oxygens (including phenoxy) is 3. The molecule has 3 aromatic rings. The maximum atomic E-state index is 12.2. The second-order valence-electron chi connectivity index (χ2n) is 7.87. The molecular weight excluding hydrogens is 424 g/mol. The Bertz CT molecular complexity index is 1110. The van der Waals surface area contributed by atoms with E-state index in [1.54, 1.807) is 4.90 Å². The van der Waals surface area contributed by atoms with Crippen molar-refractivity contribution in [2.24, 2.45) is 0 Å². The van der Waals surface area contributed by atoms with Crippen LogP contribution in [0.4, 0.5) is 10.6 Å². The number of carbonyl (C=O) groups is 1. The van der Waals surface area contributed by atoms with E-state index in [-0.39, 0.29) is 6.03 Å². The van der Waals surface area contributed by atoms with Crippen LogP contribution in [-0.2, 0) is 22.6 Å². The number of pyridine rings is 1. The van der Waals surface area contributed by atoms with Crippen LogP contribution < -0.4 is 15.8 Å². The molecule has 0 atom stereocenters. The van der Waals surface area contributed by atoms with Gasteiger partial charge in [-0.1, -0.05) is 6.92 Å². The van der Waals surface area contributed by atoms with Crippen molar-refractivity contribution in [3.8, 4) is 5.75 Å². The molecule has 4 rings (SSSR count). The van der Waals surface area contributed by atoms with Crippen molar-refractivity contribution in [1.82, 2.24) is 24.8 Å². The fourth-order valence-corrected chi connectivity index (χ4v) is 4.00. The Kier molecular flexibility index (Phi) is 7.46. The Labute approximate surface area is 193 Å². The molecule has 1 saturated heterocycles. The lowest BCUT2D eigenvalue weighted by Crippen LogP contribution is -2.47. The van der Waals surface area contributed by atoms with Gasteiger partial charge in [0.05, 0.1) is 30.8 Å². The van der Waals surface area contributed by atoms with Crippen LogP contribution in [0.25, 0.3) is 21.9 Å². The first-order chi connectivity index (χ1) is 16.1. The number of aromatic nitrogens is 3. The van der Waals surface area contributed by atoms with Crippen molar-refractivity contribution in [3.63, 3.8) is 0 Å². The first kappa shape index (κ1) is 23.1. The average Bonchev–Trinajstić information content (AvgIpc) is 3.20. The molecule has 3 N–H and O–H groups in total. The molecule has 178 valence electrons. The molecule has 2 amide bonds. The third-order valence-electron chi connectivity index (χ3n) is 5.58. The van der Waals surface area contributed by atoms with Gasteiger partial charge in [0.2, 0.25) is 0 Å². The fraction of sp³-hybridized carbons (Fsp3) is 0.522. The molecule has 0 bridgehead atoms. The monoisotopic (exact) mass is 456 g/mol. The third kappa shape index (κ3) is 5.12. The smallest absolute Gasteiger partial charge is 0.317 e. The summed E-state index contributed by atoms with van der Waals surface area (Å²) in [6.07, 6.45) is 0.952. The quantitative estimate of drug-likeness (QED) is 0.475. The van der Waals surface area contributed by atoms with Gasteiger partial charge in [-0.3, -0.25) is 0 Å². The summed E-state index contributed by atoms with van der Waals surface area (Å²) in [6, 6.07) is 5.64. The van der Waals surface area contributed by atoms with Gasteiger partial charge < -0.3 is 34.7 Å². The summed E-state index contributed by atoms with van der Waals surface area (Å²) >= 11 is 0. The number of amides is 2. The van der Waals surface area contributed by atoms with Crippen molar-refractivity contribution in [3.05, 3.63) is 24.0 Å². The van der Waals surface area contributed by atoms with Gasteiger partial charge in [0.15, 0.2) is 5.82 Å². The number of nitrogens with one attached hydrogen (secondary N) is 1. The number of aryl methyl sites for hydroxylation is 1. The zero-order chi connectivity index (χ0) is 23.2. The van der Waals surface area contributed by atoms with Gasteiger partial charge in [-0.05, 0) is 31.5 Å². The molecule has 0 saturated carbocycles. The number of morpholine rings is 1. The lowest BCUT2D eigenvalue weighted by molar-refractivity contribution is 0.0530. The minimum atomic E-state index is -0.0907. The highest BCUT2D eigenvalue weighted by Gasteiger charge is 2.18. The fourth-order valence-electron chi connectivity index (χ4n) is 4.00. The SMILES string of the molecule is CCCn1c(COCC)nc2c(N)nc3ccc(OCCNC(=O)N4CCOCC4)cc3c21. The van der Waals surface area contributed by atoms with Crippen molar-refractivity contribution in [2.45, 2.75) is 33.4 Å². The van der Waals surface area contributed by atoms with Crippen LogP contribution in [0, 0.1) is 0 Å². The molecule has 1 aliphatic rings. The number of nitrogens with two attached hydrogens (primary N) is 1. The Morgan fingerprint density at radius 1 is 1.24 bits per heavy atom. The van der Waals surface area contributed by atoms with Gasteiger partial charge in [0.1, 0.15) is 30.3 Å². The Morgan fingerprint density at radius 3 is 2.82 bits per heavy atom. The molecule has 10 nitrogen and oxygen atoms in total. The normalized spacial score (nSPS) is 14.2. The first-order valence-electron chi connectivity index (χ1n) is 11.5. The van der Waals surface area contributed by atoms with Crippen molar-refractivity contribution in [1.29, 1.82) is 0 Å². The maximum absolute atomic E-state index is 12.2. The minimum absolute atomic E-state index is 0.0907. The second-order valence-corrected chi connectivity index (χ2v) is 7.87.